The van der Waals surface area contributed by atoms with Gasteiger partial charge in [-0.1, -0.05) is 0 Å². The summed E-state index contributed by atoms with van der Waals surface area (Å²) >= 11 is 1.01. The molecule has 0 saturated carbocycles. The highest BCUT2D eigenvalue weighted by Gasteiger charge is 2.15. The van der Waals surface area contributed by atoms with Gasteiger partial charge in [0.1, 0.15) is 15.8 Å². The predicted octanol–water partition coefficient (Wildman–Crippen LogP) is 2.13. The summed E-state index contributed by atoms with van der Waals surface area (Å²) in [6.45, 7) is 0.0447. The molecule has 8 heteroatoms. The summed E-state index contributed by atoms with van der Waals surface area (Å²) in [5.41, 5.74) is 6.23. The van der Waals surface area contributed by atoms with Gasteiger partial charge < -0.3 is 5.73 Å². The van der Waals surface area contributed by atoms with Crippen molar-refractivity contribution >= 4 is 27.0 Å². The summed E-state index contributed by atoms with van der Waals surface area (Å²) in [4.78, 5) is 0. The normalized spacial score (nSPS) is 11.7. The fraction of sp³-hybridized carbons (Fsp3) is 0.167. The van der Waals surface area contributed by atoms with Crippen molar-refractivity contribution in [2.45, 2.75) is 10.6 Å². The van der Waals surface area contributed by atoms with Gasteiger partial charge in [0.05, 0.1) is 0 Å². The maximum absolute atomic E-state index is 13.0. The zero-order valence-corrected chi connectivity index (χ0v) is 11.9. The van der Waals surface area contributed by atoms with Crippen molar-refractivity contribution in [2.24, 2.45) is 0 Å². The molecule has 1 heterocycles. The smallest absolute Gasteiger partial charge is 0.250 e. The quantitative estimate of drug-likeness (QED) is 0.887. The molecule has 0 atom stereocenters. The topological polar surface area (TPSA) is 72.2 Å². The number of thiophene rings is 1. The van der Waals surface area contributed by atoms with E-state index in [1.807, 2.05) is 0 Å². The first-order valence-electron chi connectivity index (χ1n) is 5.65. The van der Waals surface area contributed by atoms with Gasteiger partial charge in [-0.25, -0.2) is 21.9 Å². The molecule has 1 aromatic carbocycles. The molecule has 0 aliphatic carbocycles. The number of nitrogens with two attached hydrogens (primary N) is 1. The maximum Gasteiger partial charge on any atom is 0.250 e. The van der Waals surface area contributed by atoms with Crippen molar-refractivity contribution in [3.05, 3.63) is 46.8 Å². The second-order valence-corrected chi connectivity index (χ2v) is 7.03. The van der Waals surface area contributed by atoms with Crippen LogP contribution in [0, 0.1) is 11.6 Å². The van der Waals surface area contributed by atoms with E-state index in [4.69, 9.17) is 5.73 Å². The summed E-state index contributed by atoms with van der Waals surface area (Å²) in [6.07, 6.45) is 0.189. The molecule has 0 saturated heterocycles. The molecule has 0 fully saturated rings. The highest BCUT2D eigenvalue weighted by molar-refractivity contribution is 7.91. The molecule has 0 aliphatic heterocycles. The molecule has 0 aliphatic rings. The van der Waals surface area contributed by atoms with Crippen LogP contribution >= 0.6 is 11.3 Å². The molecule has 1 aromatic heterocycles. The number of anilines is 1. The highest BCUT2D eigenvalue weighted by Crippen LogP contribution is 2.21. The van der Waals surface area contributed by atoms with Crippen LogP contribution in [0.3, 0.4) is 0 Å². The van der Waals surface area contributed by atoms with Gasteiger partial charge in [0.2, 0.25) is 10.0 Å². The molecule has 0 radical (unpaired) electrons. The van der Waals surface area contributed by atoms with Crippen LogP contribution in [0.2, 0.25) is 0 Å². The lowest BCUT2D eigenvalue weighted by Gasteiger charge is -2.05. The monoisotopic (exact) mass is 318 g/mol. The summed E-state index contributed by atoms with van der Waals surface area (Å²) < 4.78 is 52.1. The Balaban J connectivity index is 1.99. The SMILES string of the molecule is Nc1csc(S(=O)(=O)NCCc2cc(F)cc(F)c2)c1. The van der Waals surface area contributed by atoms with Crippen molar-refractivity contribution in [3.63, 3.8) is 0 Å². The molecule has 3 N–H and O–H groups in total. The zero-order chi connectivity index (χ0) is 14.8. The Bertz CT molecular complexity index is 694. The molecule has 0 bridgehead atoms. The van der Waals surface area contributed by atoms with Crippen molar-refractivity contribution in [1.29, 1.82) is 0 Å². The minimum absolute atomic E-state index is 0.0447. The van der Waals surface area contributed by atoms with E-state index < -0.39 is 21.7 Å². The number of rotatable bonds is 5. The van der Waals surface area contributed by atoms with Gasteiger partial charge in [-0.15, -0.1) is 11.3 Å². The first kappa shape index (κ1) is 14.9. The van der Waals surface area contributed by atoms with Gasteiger partial charge in [0.15, 0.2) is 0 Å². The van der Waals surface area contributed by atoms with Gasteiger partial charge in [-0.2, -0.15) is 0 Å². The first-order chi connectivity index (χ1) is 9.37. The minimum atomic E-state index is -3.63. The van der Waals surface area contributed by atoms with E-state index in [-0.39, 0.29) is 17.2 Å². The van der Waals surface area contributed by atoms with E-state index >= 15 is 0 Å². The average Bonchev–Trinajstić information content (AvgIpc) is 2.75. The van der Waals surface area contributed by atoms with Gasteiger partial charge in [-0.3, -0.25) is 0 Å². The van der Waals surface area contributed by atoms with Crippen LogP contribution in [-0.4, -0.2) is 15.0 Å². The van der Waals surface area contributed by atoms with Crippen LogP contribution in [-0.2, 0) is 16.4 Å². The number of halogens is 2. The molecule has 108 valence electrons. The fourth-order valence-corrected chi connectivity index (χ4v) is 3.78. The maximum atomic E-state index is 13.0. The first-order valence-corrected chi connectivity index (χ1v) is 8.02. The van der Waals surface area contributed by atoms with Crippen LogP contribution < -0.4 is 10.5 Å². The van der Waals surface area contributed by atoms with Crippen LogP contribution in [0.5, 0.6) is 0 Å². The molecule has 0 amide bonds. The predicted molar refractivity (Wildman–Crippen MR) is 74.0 cm³/mol. The number of hydrogen-bond donors (Lipinski definition) is 2. The molecule has 0 spiro atoms. The Morgan fingerprint density at radius 3 is 2.35 bits per heavy atom. The molecular formula is C12H12F2N2O2S2. The van der Waals surface area contributed by atoms with Crippen LogP contribution in [0.4, 0.5) is 14.5 Å². The lowest BCUT2D eigenvalue weighted by atomic mass is 10.1. The number of nitrogen functional groups attached to an aromatic ring is 1. The van der Waals surface area contributed by atoms with Gasteiger partial charge in [0, 0.05) is 23.7 Å². The molecular weight excluding hydrogens is 306 g/mol. The Morgan fingerprint density at radius 2 is 1.80 bits per heavy atom. The lowest BCUT2D eigenvalue weighted by molar-refractivity contribution is 0.577. The molecule has 20 heavy (non-hydrogen) atoms. The van der Waals surface area contributed by atoms with E-state index in [9.17, 15) is 17.2 Å². The molecule has 2 aromatic rings. The number of nitrogens with one attached hydrogen (secondary N) is 1. The highest BCUT2D eigenvalue weighted by atomic mass is 32.2. The van der Waals surface area contributed by atoms with E-state index in [0.717, 1.165) is 17.4 Å². The minimum Gasteiger partial charge on any atom is -0.398 e. The Hall–Kier alpha value is -1.51. The Kier molecular flexibility index (Phi) is 4.36. The van der Waals surface area contributed by atoms with Crippen LogP contribution in [0.25, 0.3) is 0 Å². The molecule has 2 rings (SSSR count). The average molecular weight is 318 g/mol. The van der Waals surface area contributed by atoms with E-state index in [1.54, 1.807) is 0 Å². The van der Waals surface area contributed by atoms with Gasteiger partial charge in [0.25, 0.3) is 0 Å². The Morgan fingerprint density at radius 1 is 1.15 bits per heavy atom. The van der Waals surface area contributed by atoms with E-state index in [2.05, 4.69) is 4.72 Å². The van der Waals surface area contributed by atoms with Gasteiger partial charge in [-0.05, 0) is 30.2 Å². The van der Waals surface area contributed by atoms with E-state index in [0.29, 0.717) is 11.3 Å². The largest absolute Gasteiger partial charge is 0.398 e. The number of hydrogen-bond acceptors (Lipinski definition) is 4. The number of benzene rings is 1. The summed E-state index contributed by atoms with van der Waals surface area (Å²) in [5, 5.41) is 1.52. The van der Waals surface area contributed by atoms with Crippen molar-refractivity contribution in [2.75, 3.05) is 12.3 Å². The van der Waals surface area contributed by atoms with Crippen molar-refractivity contribution in [1.82, 2.24) is 4.72 Å². The van der Waals surface area contributed by atoms with Crippen molar-refractivity contribution < 1.29 is 17.2 Å². The Labute approximate surface area is 119 Å². The van der Waals surface area contributed by atoms with Crippen LogP contribution in [0.15, 0.2) is 33.9 Å². The fourth-order valence-electron chi connectivity index (χ4n) is 1.63. The molecule has 0 unspecified atom stereocenters. The summed E-state index contributed by atoms with van der Waals surface area (Å²) in [6, 6.07) is 4.46. The second-order valence-electron chi connectivity index (χ2n) is 4.12. The second kappa shape index (κ2) is 5.86. The summed E-state index contributed by atoms with van der Waals surface area (Å²) in [5.74, 6) is -1.37. The lowest BCUT2D eigenvalue weighted by Crippen LogP contribution is -2.25. The van der Waals surface area contributed by atoms with Crippen LogP contribution in [0.1, 0.15) is 5.56 Å². The summed E-state index contributed by atoms with van der Waals surface area (Å²) in [7, 11) is -3.63. The third-order valence-corrected chi connectivity index (χ3v) is 5.41. The molecule has 4 nitrogen and oxygen atoms in total. The standard InChI is InChI=1S/C12H12F2N2O2S2/c13-9-3-8(4-10(14)5-9)1-2-16-20(17,18)12-6-11(15)7-19-12/h3-7,16H,1-2,15H2. The van der Waals surface area contributed by atoms with Gasteiger partial charge >= 0.3 is 0 Å². The van der Waals surface area contributed by atoms with Crippen molar-refractivity contribution in [3.8, 4) is 0 Å². The number of sulfonamides is 1. The third-order valence-electron chi connectivity index (χ3n) is 2.49. The zero-order valence-electron chi connectivity index (χ0n) is 10.3. The third kappa shape index (κ3) is 3.75. The van der Waals surface area contributed by atoms with E-state index in [1.165, 1.54) is 23.6 Å².